The quantitative estimate of drug-likeness (QED) is 0.186. The summed E-state index contributed by atoms with van der Waals surface area (Å²) in [6.07, 6.45) is 18.2. The van der Waals surface area contributed by atoms with Gasteiger partial charge in [-0.05, 0) is 25.3 Å². The summed E-state index contributed by atoms with van der Waals surface area (Å²) in [6.45, 7) is 3.80. The van der Waals surface area contributed by atoms with Crippen LogP contribution >= 0.6 is 0 Å². The lowest BCUT2D eigenvalue weighted by Crippen LogP contribution is -2.03. The Morgan fingerprint density at radius 3 is 1.71 bits per heavy atom. The molecular formula is C25H38O3. The number of hydrogen-bond donors (Lipinski definition) is 1. The molecule has 1 N–H and O–H groups in total. The number of carbonyl (C=O) groups is 2. The van der Waals surface area contributed by atoms with E-state index in [2.05, 4.69) is 6.92 Å². The van der Waals surface area contributed by atoms with Crippen LogP contribution in [0.3, 0.4) is 0 Å². The van der Waals surface area contributed by atoms with Gasteiger partial charge in [-0.3, -0.25) is 4.79 Å². The second kappa shape index (κ2) is 15.1. The zero-order chi connectivity index (χ0) is 20.6. The molecule has 0 aliphatic carbocycles. The number of carboxylic acid groups (broad SMARTS) is 1. The smallest absolute Gasteiger partial charge is 0.328 e. The summed E-state index contributed by atoms with van der Waals surface area (Å²) in [5.74, 6) is -1.31. The fraction of sp³-hybridized carbons (Fsp3) is 0.600. The lowest BCUT2D eigenvalue weighted by molar-refractivity contribution is -0.131. The van der Waals surface area contributed by atoms with Gasteiger partial charge in [0, 0.05) is 17.2 Å². The summed E-state index contributed by atoms with van der Waals surface area (Å²) in [7, 11) is 0. The van der Waals surface area contributed by atoms with Crippen LogP contribution in [0.15, 0.2) is 35.9 Å². The van der Waals surface area contributed by atoms with Crippen molar-refractivity contribution in [3.8, 4) is 0 Å². The third-order valence-electron chi connectivity index (χ3n) is 5.23. The van der Waals surface area contributed by atoms with E-state index in [1.165, 1.54) is 89.5 Å². The third-order valence-corrected chi connectivity index (χ3v) is 5.23. The molecule has 156 valence electrons. The number of aliphatic carboxylic acids is 1. The van der Waals surface area contributed by atoms with Crippen LogP contribution in [0.5, 0.6) is 0 Å². The van der Waals surface area contributed by atoms with Crippen molar-refractivity contribution < 1.29 is 14.7 Å². The lowest BCUT2D eigenvalue weighted by Gasteiger charge is -2.05. The van der Waals surface area contributed by atoms with Gasteiger partial charge in [-0.2, -0.15) is 0 Å². The van der Waals surface area contributed by atoms with Gasteiger partial charge in [0.1, 0.15) is 0 Å². The molecule has 1 rings (SSSR count). The first-order valence-electron chi connectivity index (χ1n) is 11.1. The van der Waals surface area contributed by atoms with Crippen LogP contribution in [0, 0.1) is 0 Å². The van der Waals surface area contributed by atoms with Gasteiger partial charge in [-0.1, -0.05) is 102 Å². The van der Waals surface area contributed by atoms with E-state index in [1.54, 1.807) is 12.1 Å². The van der Waals surface area contributed by atoms with Crippen LogP contribution in [0.25, 0.3) is 0 Å². The topological polar surface area (TPSA) is 54.4 Å². The number of unbranched alkanes of at least 4 members (excludes halogenated alkanes) is 11. The first kappa shape index (κ1) is 24.1. The van der Waals surface area contributed by atoms with E-state index in [0.29, 0.717) is 5.56 Å². The predicted octanol–water partition coefficient (Wildman–Crippen LogP) is 7.14. The van der Waals surface area contributed by atoms with E-state index in [9.17, 15) is 9.59 Å². The summed E-state index contributed by atoms with van der Waals surface area (Å²) < 4.78 is 0. The Labute approximate surface area is 171 Å². The first-order valence-corrected chi connectivity index (χ1v) is 11.1. The van der Waals surface area contributed by atoms with E-state index < -0.39 is 5.97 Å². The minimum atomic E-state index is -1.09. The van der Waals surface area contributed by atoms with Crippen LogP contribution in [0.4, 0.5) is 0 Å². The van der Waals surface area contributed by atoms with Crippen LogP contribution in [0.1, 0.15) is 107 Å². The van der Waals surface area contributed by atoms with Crippen molar-refractivity contribution >= 4 is 11.8 Å². The zero-order valence-corrected chi connectivity index (χ0v) is 17.8. The molecule has 28 heavy (non-hydrogen) atoms. The minimum Gasteiger partial charge on any atom is -0.478 e. The maximum Gasteiger partial charge on any atom is 0.328 e. The van der Waals surface area contributed by atoms with Crippen molar-refractivity contribution in [1.82, 2.24) is 0 Å². The van der Waals surface area contributed by atoms with E-state index in [-0.39, 0.29) is 11.4 Å². The Bertz CT molecular complexity index is 599. The highest BCUT2D eigenvalue weighted by molar-refractivity contribution is 6.10. The van der Waals surface area contributed by atoms with E-state index in [1.807, 2.05) is 12.1 Å². The molecule has 0 aromatic heterocycles. The maximum atomic E-state index is 12.1. The molecule has 0 unspecified atom stereocenters. The number of hydrogen-bond acceptors (Lipinski definition) is 2. The molecule has 0 fully saturated rings. The Kier molecular flexibility index (Phi) is 13.0. The molecular weight excluding hydrogens is 348 g/mol. The molecule has 0 saturated heterocycles. The second-order valence-corrected chi connectivity index (χ2v) is 7.83. The summed E-state index contributed by atoms with van der Waals surface area (Å²) >= 11 is 0. The number of carboxylic acids is 1. The van der Waals surface area contributed by atoms with Gasteiger partial charge < -0.3 is 5.11 Å². The van der Waals surface area contributed by atoms with Gasteiger partial charge in [0.15, 0.2) is 5.78 Å². The van der Waals surface area contributed by atoms with Crippen molar-refractivity contribution in [3.63, 3.8) is 0 Å². The van der Waals surface area contributed by atoms with Crippen LogP contribution in [-0.4, -0.2) is 16.9 Å². The molecule has 0 bridgehead atoms. The average Bonchev–Trinajstić information content (AvgIpc) is 2.68. The summed E-state index contributed by atoms with van der Waals surface area (Å²) in [5.41, 5.74) is 2.04. The van der Waals surface area contributed by atoms with Crippen molar-refractivity contribution in [2.45, 2.75) is 97.3 Å². The van der Waals surface area contributed by atoms with Crippen LogP contribution in [-0.2, 0) is 11.2 Å². The average molecular weight is 387 g/mol. The molecule has 1 aromatic carbocycles. The number of benzene rings is 1. The summed E-state index contributed by atoms with van der Waals surface area (Å²) in [6, 6.07) is 7.58. The monoisotopic (exact) mass is 386 g/mol. The summed E-state index contributed by atoms with van der Waals surface area (Å²) in [5, 5.41) is 8.74. The highest BCUT2D eigenvalue weighted by Gasteiger charge is 2.09. The fourth-order valence-corrected chi connectivity index (χ4v) is 3.47. The largest absolute Gasteiger partial charge is 0.478 e. The zero-order valence-electron chi connectivity index (χ0n) is 17.8. The van der Waals surface area contributed by atoms with Gasteiger partial charge in [0.05, 0.1) is 0 Å². The molecule has 0 aliphatic rings. The van der Waals surface area contributed by atoms with Gasteiger partial charge in [-0.15, -0.1) is 0 Å². The van der Waals surface area contributed by atoms with Crippen LogP contribution in [0.2, 0.25) is 0 Å². The number of allylic oxidation sites excluding steroid dienone is 1. The van der Waals surface area contributed by atoms with Crippen molar-refractivity contribution in [1.29, 1.82) is 0 Å². The first-order chi connectivity index (χ1) is 13.5. The van der Waals surface area contributed by atoms with Crippen molar-refractivity contribution in [3.05, 3.63) is 47.0 Å². The Hall–Kier alpha value is -1.90. The third kappa shape index (κ3) is 11.1. The molecule has 1 aromatic rings. The molecule has 0 amide bonds. The van der Waals surface area contributed by atoms with E-state index in [0.717, 1.165) is 12.5 Å². The minimum absolute atomic E-state index is 0.223. The SMILES string of the molecule is CCCCCCCCCCCCCCc1ccc(C(=O)/C(C)=C\C(=O)O)cc1. The van der Waals surface area contributed by atoms with Gasteiger partial charge in [-0.25, -0.2) is 4.79 Å². The normalized spacial score (nSPS) is 11.6. The van der Waals surface area contributed by atoms with Crippen LogP contribution < -0.4 is 0 Å². The van der Waals surface area contributed by atoms with E-state index in [4.69, 9.17) is 5.11 Å². The van der Waals surface area contributed by atoms with E-state index >= 15 is 0 Å². The van der Waals surface area contributed by atoms with Gasteiger partial charge in [0.2, 0.25) is 0 Å². The Morgan fingerprint density at radius 1 is 0.786 bits per heavy atom. The number of carbonyl (C=O) groups excluding carboxylic acids is 1. The Balaban J connectivity index is 2.12. The molecule has 0 saturated carbocycles. The fourth-order valence-electron chi connectivity index (χ4n) is 3.47. The predicted molar refractivity (Wildman–Crippen MR) is 117 cm³/mol. The molecule has 0 heterocycles. The van der Waals surface area contributed by atoms with Crippen molar-refractivity contribution in [2.75, 3.05) is 0 Å². The molecule has 0 atom stereocenters. The standard InChI is InChI=1S/C25H38O3/c1-3-4-5-6-7-8-9-10-11-12-13-14-15-22-16-18-23(19-17-22)25(28)21(2)20-24(26)27/h16-20H,3-15H2,1-2H3,(H,26,27)/b21-20-. The van der Waals surface area contributed by atoms with Crippen molar-refractivity contribution in [2.24, 2.45) is 0 Å². The number of aryl methyl sites for hydroxylation is 1. The molecule has 3 nitrogen and oxygen atoms in total. The number of rotatable bonds is 16. The number of ketones is 1. The lowest BCUT2D eigenvalue weighted by atomic mass is 10.00. The highest BCUT2D eigenvalue weighted by Crippen LogP contribution is 2.15. The Morgan fingerprint density at radius 2 is 1.25 bits per heavy atom. The van der Waals surface area contributed by atoms with Gasteiger partial charge >= 0.3 is 5.97 Å². The second-order valence-electron chi connectivity index (χ2n) is 7.83. The highest BCUT2D eigenvalue weighted by atomic mass is 16.4. The summed E-state index contributed by atoms with van der Waals surface area (Å²) in [4.78, 5) is 22.8. The molecule has 0 aliphatic heterocycles. The molecule has 3 heteroatoms. The maximum absolute atomic E-state index is 12.1. The molecule has 0 spiro atoms. The van der Waals surface area contributed by atoms with Gasteiger partial charge in [0.25, 0.3) is 0 Å². The molecule has 0 radical (unpaired) electrons. The number of Topliss-reactive ketones (excluding diaryl/α,β-unsaturated/α-hetero) is 1.